The Morgan fingerprint density at radius 2 is 2.18 bits per heavy atom. The molecule has 118 valence electrons. The summed E-state index contributed by atoms with van der Waals surface area (Å²) in [6, 6.07) is 6.59. The lowest BCUT2D eigenvalue weighted by atomic mass is 10.2. The summed E-state index contributed by atoms with van der Waals surface area (Å²) in [5.41, 5.74) is 1.24. The van der Waals surface area contributed by atoms with Crippen LogP contribution in [-0.2, 0) is 0 Å². The Labute approximate surface area is 126 Å². The highest BCUT2D eigenvalue weighted by Crippen LogP contribution is 2.22. The van der Waals surface area contributed by atoms with Crippen LogP contribution in [0.2, 0.25) is 0 Å². The van der Waals surface area contributed by atoms with E-state index >= 15 is 0 Å². The van der Waals surface area contributed by atoms with Crippen LogP contribution >= 0.6 is 0 Å². The van der Waals surface area contributed by atoms with E-state index in [2.05, 4.69) is 20.3 Å². The van der Waals surface area contributed by atoms with Crippen LogP contribution in [0.25, 0.3) is 0 Å². The molecule has 1 aromatic carbocycles. The second-order valence-corrected chi connectivity index (χ2v) is 4.57. The zero-order valence-electron chi connectivity index (χ0n) is 12.2. The third-order valence-electron chi connectivity index (χ3n) is 2.94. The van der Waals surface area contributed by atoms with E-state index in [4.69, 9.17) is 4.74 Å². The maximum atomic E-state index is 10.9. The van der Waals surface area contributed by atoms with E-state index in [0.717, 1.165) is 13.1 Å². The molecule has 0 spiro atoms. The number of hydrogen-bond acceptors (Lipinski definition) is 7. The van der Waals surface area contributed by atoms with Crippen LogP contribution in [0.4, 0.5) is 11.4 Å². The normalized spacial score (nSPS) is 10.4. The number of aromatic nitrogens is 2. The molecular weight excluding hydrogens is 290 g/mol. The summed E-state index contributed by atoms with van der Waals surface area (Å²) >= 11 is 0. The maximum absolute atomic E-state index is 10.9. The molecule has 0 fully saturated rings. The fourth-order valence-corrected chi connectivity index (χ4v) is 1.83. The van der Waals surface area contributed by atoms with Gasteiger partial charge < -0.3 is 15.4 Å². The molecule has 0 saturated heterocycles. The average molecular weight is 308 g/mol. The zero-order chi connectivity index (χ0) is 15.8. The molecule has 3 N–H and O–H groups in total. The second-order valence-electron chi connectivity index (χ2n) is 4.57. The molecule has 9 heteroatoms. The molecule has 2 aromatic rings. The van der Waals surface area contributed by atoms with E-state index in [1.165, 1.54) is 6.07 Å². The second kappa shape index (κ2) is 7.93. The summed E-state index contributed by atoms with van der Waals surface area (Å²) in [4.78, 5) is 10.5. The molecule has 0 saturated carbocycles. The molecular formula is C13H18N5O4+. The minimum atomic E-state index is -0.395. The van der Waals surface area contributed by atoms with Crippen LogP contribution in [-0.4, -0.2) is 41.5 Å². The molecule has 0 aliphatic carbocycles. The van der Waals surface area contributed by atoms with Gasteiger partial charge in [-0.15, -0.1) is 0 Å². The van der Waals surface area contributed by atoms with Gasteiger partial charge in [-0.05, 0) is 18.1 Å². The maximum Gasteiger partial charge on any atom is 0.292 e. The third-order valence-corrected chi connectivity index (χ3v) is 2.94. The number of rotatable bonds is 9. The molecule has 0 atom stereocenters. The summed E-state index contributed by atoms with van der Waals surface area (Å²) in [6.45, 7) is 4.37. The van der Waals surface area contributed by atoms with Gasteiger partial charge in [-0.2, -0.15) is 0 Å². The summed E-state index contributed by atoms with van der Waals surface area (Å²) in [5, 5.41) is 23.2. The number of nitro groups is 1. The highest BCUT2D eigenvalue weighted by atomic mass is 16.6. The largest absolute Gasteiger partial charge is 0.468 e. The first-order valence-electron chi connectivity index (χ1n) is 6.89. The number of benzene rings is 1. The highest BCUT2D eigenvalue weighted by Gasteiger charge is 2.11. The zero-order valence-corrected chi connectivity index (χ0v) is 12.2. The lowest BCUT2D eigenvalue weighted by Gasteiger charge is -2.06. The standard InChI is InChI=1S/C13H17N5O4/c1-10-13(17-22-16-10)21-9-8-14-6-7-15-11-4-2-3-5-12(11)18(19)20/h2-5,14-15H,6-9H2,1H3/p+1. The van der Waals surface area contributed by atoms with E-state index in [-0.39, 0.29) is 5.69 Å². The van der Waals surface area contributed by atoms with E-state index in [1.54, 1.807) is 25.1 Å². The average Bonchev–Trinajstić information content (AvgIpc) is 2.92. The van der Waals surface area contributed by atoms with Crippen molar-refractivity contribution in [3.63, 3.8) is 0 Å². The fourth-order valence-electron chi connectivity index (χ4n) is 1.83. The number of quaternary nitrogens is 1. The van der Waals surface area contributed by atoms with E-state index in [0.29, 0.717) is 30.4 Å². The minimum absolute atomic E-state index is 0.0832. The van der Waals surface area contributed by atoms with Crippen LogP contribution in [0.5, 0.6) is 5.88 Å². The Bertz CT molecular complexity index is 616. The molecule has 0 unspecified atom stereocenters. The summed E-state index contributed by atoms with van der Waals surface area (Å²) in [6.07, 6.45) is 0. The Balaban J connectivity index is 1.62. The van der Waals surface area contributed by atoms with Gasteiger partial charge in [0.2, 0.25) is 0 Å². The first-order chi connectivity index (χ1) is 10.7. The molecule has 0 aliphatic heterocycles. The first-order valence-corrected chi connectivity index (χ1v) is 6.89. The first kappa shape index (κ1) is 15.7. The molecule has 0 aliphatic rings. The monoisotopic (exact) mass is 308 g/mol. The smallest absolute Gasteiger partial charge is 0.292 e. The van der Waals surface area contributed by atoms with Crippen molar-refractivity contribution in [3.05, 3.63) is 40.1 Å². The van der Waals surface area contributed by atoms with Crippen molar-refractivity contribution in [1.29, 1.82) is 0 Å². The quantitative estimate of drug-likeness (QED) is 0.389. The van der Waals surface area contributed by atoms with E-state index < -0.39 is 4.92 Å². The number of nitrogens with one attached hydrogen (secondary N) is 1. The van der Waals surface area contributed by atoms with Crippen LogP contribution in [0.1, 0.15) is 5.69 Å². The summed E-state index contributed by atoms with van der Waals surface area (Å²) in [5.74, 6) is 0.409. The number of para-hydroxylation sites is 2. The van der Waals surface area contributed by atoms with Crippen molar-refractivity contribution in [1.82, 2.24) is 10.3 Å². The lowest BCUT2D eigenvalue weighted by molar-refractivity contribution is -0.652. The number of hydrogen-bond donors (Lipinski definition) is 2. The number of ether oxygens (including phenoxy) is 1. The molecule has 2 rings (SSSR count). The Morgan fingerprint density at radius 1 is 1.36 bits per heavy atom. The van der Waals surface area contributed by atoms with Gasteiger partial charge in [-0.1, -0.05) is 17.3 Å². The van der Waals surface area contributed by atoms with Crippen molar-refractivity contribution in [2.45, 2.75) is 6.92 Å². The van der Waals surface area contributed by atoms with Gasteiger partial charge in [0.05, 0.1) is 18.0 Å². The highest BCUT2D eigenvalue weighted by molar-refractivity contribution is 5.60. The van der Waals surface area contributed by atoms with E-state index in [9.17, 15) is 10.1 Å². The van der Waals surface area contributed by atoms with Crippen molar-refractivity contribution >= 4 is 11.4 Å². The summed E-state index contributed by atoms with van der Waals surface area (Å²) in [7, 11) is 0. The van der Waals surface area contributed by atoms with Crippen molar-refractivity contribution in [2.24, 2.45) is 0 Å². The Morgan fingerprint density at radius 3 is 2.91 bits per heavy atom. The summed E-state index contributed by atoms with van der Waals surface area (Å²) < 4.78 is 9.90. The molecule has 0 bridgehead atoms. The fraction of sp³-hybridized carbons (Fsp3) is 0.385. The SMILES string of the molecule is Cc1nonc1OCC[NH2+]CCNc1ccccc1[N+](=O)[O-]. The van der Waals surface area contributed by atoms with Crippen LogP contribution in [0.15, 0.2) is 28.9 Å². The van der Waals surface area contributed by atoms with Crippen molar-refractivity contribution in [2.75, 3.05) is 31.6 Å². The van der Waals surface area contributed by atoms with Gasteiger partial charge in [0, 0.05) is 6.07 Å². The lowest BCUT2D eigenvalue weighted by Crippen LogP contribution is -2.86. The number of nitro benzene ring substituents is 1. The van der Waals surface area contributed by atoms with Gasteiger partial charge >= 0.3 is 0 Å². The Hall–Kier alpha value is -2.68. The minimum Gasteiger partial charge on any atom is -0.468 e. The predicted octanol–water partition coefficient (Wildman–Crippen LogP) is 0.341. The van der Waals surface area contributed by atoms with Gasteiger partial charge in [-0.3, -0.25) is 10.1 Å². The molecule has 9 nitrogen and oxygen atoms in total. The topological polar surface area (TPSA) is 120 Å². The number of nitrogens with zero attached hydrogens (tertiary/aromatic N) is 3. The molecule has 1 aromatic heterocycles. The predicted molar refractivity (Wildman–Crippen MR) is 77.8 cm³/mol. The Kier molecular flexibility index (Phi) is 5.66. The van der Waals surface area contributed by atoms with Gasteiger partial charge in [0.1, 0.15) is 24.5 Å². The van der Waals surface area contributed by atoms with E-state index in [1.807, 2.05) is 5.32 Å². The molecule has 0 radical (unpaired) electrons. The molecule has 1 heterocycles. The van der Waals surface area contributed by atoms with Gasteiger partial charge in [-0.25, -0.2) is 4.63 Å². The van der Waals surface area contributed by atoms with Gasteiger partial charge in [0.15, 0.2) is 0 Å². The molecule has 22 heavy (non-hydrogen) atoms. The molecule has 0 amide bonds. The number of aryl methyl sites for hydroxylation is 1. The third kappa shape index (κ3) is 4.42. The van der Waals surface area contributed by atoms with Gasteiger partial charge in [0.25, 0.3) is 11.6 Å². The number of anilines is 1. The van der Waals surface area contributed by atoms with Crippen LogP contribution in [0.3, 0.4) is 0 Å². The van der Waals surface area contributed by atoms with Crippen LogP contribution < -0.4 is 15.4 Å². The van der Waals surface area contributed by atoms with Crippen molar-refractivity contribution < 1.29 is 19.6 Å². The van der Waals surface area contributed by atoms with Crippen molar-refractivity contribution in [3.8, 4) is 5.88 Å². The van der Waals surface area contributed by atoms with Crippen LogP contribution in [0, 0.1) is 17.0 Å². The number of nitrogens with two attached hydrogens (primary N) is 1.